The number of anilines is 1. The molecule has 26 heavy (non-hydrogen) atoms. The number of nitrogens with one attached hydrogen (secondary N) is 1. The molecule has 0 bridgehead atoms. The highest BCUT2D eigenvalue weighted by Crippen LogP contribution is 2.23. The molecule has 3 rings (SSSR count). The minimum absolute atomic E-state index is 0.108. The summed E-state index contributed by atoms with van der Waals surface area (Å²) in [5.41, 5.74) is 2.87. The number of hydrogen-bond acceptors (Lipinski definition) is 5. The van der Waals surface area contributed by atoms with Gasteiger partial charge in [-0.15, -0.1) is 10.2 Å². The highest BCUT2D eigenvalue weighted by Gasteiger charge is 2.13. The van der Waals surface area contributed by atoms with Gasteiger partial charge in [-0.25, -0.2) is 0 Å². The lowest BCUT2D eigenvalue weighted by Crippen LogP contribution is -2.14. The summed E-state index contributed by atoms with van der Waals surface area (Å²) < 4.78 is 7.06. The predicted molar refractivity (Wildman–Crippen MR) is 104 cm³/mol. The zero-order valence-electron chi connectivity index (χ0n) is 14.9. The van der Waals surface area contributed by atoms with E-state index in [9.17, 15) is 4.79 Å². The molecule has 3 aromatic rings. The number of carbonyl (C=O) groups excluding carboxylic acids is 1. The molecule has 0 atom stereocenters. The van der Waals surface area contributed by atoms with E-state index in [1.165, 1.54) is 11.8 Å². The molecule has 0 spiro atoms. The van der Waals surface area contributed by atoms with Crippen molar-refractivity contribution < 1.29 is 9.53 Å². The minimum atomic E-state index is -0.108. The largest absolute Gasteiger partial charge is 0.497 e. The van der Waals surface area contributed by atoms with E-state index in [-0.39, 0.29) is 11.7 Å². The Morgan fingerprint density at radius 2 is 2.00 bits per heavy atom. The molecule has 0 saturated heterocycles. The zero-order chi connectivity index (χ0) is 18.5. The second kappa shape index (κ2) is 8.05. The van der Waals surface area contributed by atoms with Crippen LogP contribution in [0, 0.1) is 6.92 Å². The third-order valence-corrected chi connectivity index (χ3v) is 4.82. The Bertz CT molecular complexity index is 923. The van der Waals surface area contributed by atoms with Crippen molar-refractivity contribution in [3.63, 3.8) is 0 Å². The summed E-state index contributed by atoms with van der Waals surface area (Å²) in [7, 11) is 3.50. The SMILES string of the molecule is COc1cccc(NC(=O)CSc2nnc(-c3cccc(C)c3)n2C)c1. The van der Waals surface area contributed by atoms with E-state index in [1.807, 2.05) is 54.9 Å². The number of benzene rings is 2. The van der Waals surface area contributed by atoms with Crippen molar-refractivity contribution in [2.75, 3.05) is 18.2 Å². The summed E-state index contributed by atoms with van der Waals surface area (Å²) >= 11 is 1.35. The van der Waals surface area contributed by atoms with Gasteiger partial charge in [-0.1, -0.05) is 41.6 Å². The van der Waals surface area contributed by atoms with Crippen LogP contribution < -0.4 is 10.1 Å². The first-order valence-electron chi connectivity index (χ1n) is 8.10. The number of carbonyl (C=O) groups is 1. The van der Waals surface area contributed by atoms with E-state index in [2.05, 4.69) is 21.6 Å². The van der Waals surface area contributed by atoms with Gasteiger partial charge in [-0.05, 0) is 25.1 Å². The third-order valence-electron chi connectivity index (χ3n) is 3.80. The number of hydrogen-bond donors (Lipinski definition) is 1. The van der Waals surface area contributed by atoms with Crippen LogP contribution in [0.4, 0.5) is 5.69 Å². The molecule has 0 radical (unpaired) electrons. The lowest BCUT2D eigenvalue weighted by molar-refractivity contribution is -0.113. The maximum atomic E-state index is 12.2. The fourth-order valence-electron chi connectivity index (χ4n) is 2.50. The van der Waals surface area contributed by atoms with Gasteiger partial charge in [-0.3, -0.25) is 4.79 Å². The molecule has 0 aliphatic carbocycles. The van der Waals surface area contributed by atoms with Crippen LogP contribution in [0.2, 0.25) is 0 Å². The molecule has 0 unspecified atom stereocenters. The smallest absolute Gasteiger partial charge is 0.234 e. The summed E-state index contributed by atoms with van der Waals surface area (Å²) in [5.74, 6) is 1.62. The number of rotatable bonds is 6. The summed E-state index contributed by atoms with van der Waals surface area (Å²) in [6, 6.07) is 15.4. The van der Waals surface area contributed by atoms with E-state index < -0.39 is 0 Å². The van der Waals surface area contributed by atoms with Gasteiger partial charge in [0.05, 0.1) is 12.9 Å². The maximum Gasteiger partial charge on any atom is 0.234 e. The first-order chi connectivity index (χ1) is 12.6. The Balaban J connectivity index is 1.64. The van der Waals surface area contributed by atoms with E-state index in [0.29, 0.717) is 16.6 Å². The Morgan fingerprint density at radius 3 is 2.77 bits per heavy atom. The molecular weight excluding hydrogens is 348 g/mol. The van der Waals surface area contributed by atoms with Gasteiger partial charge < -0.3 is 14.6 Å². The maximum absolute atomic E-state index is 12.2. The number of aryl methyl sites for hydroxylation is 1. The highest BCUT2D eigenvalue weighted by molar-refractivity contribution is 7.99. The molecule has 134 valence electrons. The van der Waals surface area contributed by atoms with Gasteiger partial charge in [0.15, 0.2) is 11.0 Å². The van der Waals surface area contributed by atoms with Gasteiger partial charge in [0, 0.05) is 24.4 Å². The molecule has 6 nitrogen and oxygen atoms in total. The van der Waals surface area contributed by atoms with Crippen LogP contribution in [0.3, 0.4) is 0 Å². The third kappa shape index (κ3) is 4.23. The second-order valence-electron chi connectivity index (χ2n) is 5.80. The van der Waals surface area contributed by atoms with E-state index in [0.717, 1.165) is 17.0 Å². The zero-order valence-corrected chi connectivity index (χ0v) is 15.7. The minimum Gasteiger partial charge on any atom is -0.497 e. The van der Waals surface area contributed by atoms with Crippen molar-refractivity contribution in [1.29, 1.82) is 0 Å². The van der Waals surface area contributed by atoms with Gasteiger partial charge in [-0.2, -0.15) is 0 Å². The molecule has 0 fully saturated rings. The average molecular weight is 368 g/mol. The van der Waals surface area contributed by atoms with Crippen LogP contribution in [0.15, 0.2) is 53.7 Å². The van der Waals surface area contributed by atoms with Crippen LogP contribution in [-0.4, -0.2) is 33.5 Å². The monoisotopic (exact) mass is 368 g/mol. The second-order valence-corrected chi connectivity index (χ2v) is 6.75. The Labute approximate surface area is 156 Å². The summed E-state index contributed by atoms with van der Waals surface area (Å²) in [6.45, 7) is 2.04. The fraction of sp³-hybridized carbons (Fsp3) is 0.211. The Kier molecular flexibility index (Phi) is 5.58. The first kappa shape index (κ1) is 18.0. The first-order valence-corrected chi connectivity index (χ1v) is 9.08. The quantitative estimate of drug-likeness (QED) is 0.674. The molecular formula is C19H20N4O2S. The van der Waals surface area contributed by atoms with Crippen molar-refractivity contribution in [3.8, 4) is 17.1 Å². The molecule has 0 aliphatic heterocycles. The number of aromatic nitrogens is 3. The van der Waals surface area contributed by atoms with Gasteiger partial charge in [0.25, 0.3) is 0 Å². The van der Waals surface area contributed by atoms with Gasteiger partial charge in [0.2, 0.25) is 5.91 Å². The van der Waals surface area contributed by atoms with Crippen LogP contribution >= 0.6 is 11.8 Å². The molecule has 0 saturated carbocycles. The Morgan fingerprint density at radius 1 is 1.19 bits per heavy atom. The fourth-order valence-corrected chi connectivity index (χ4v) is 3.22. The van der Waals surface area contributed by atoms with E-state index >= 15 is 0 Å². The normalized spacial score (nSPS) is 10.6. The van der Waals surface area contributed by atoms with Crippen molar-refractivity contribution in [3.05, 3.63) is 54.1 Å². The van der Waals surface area contributed by atoms with Crippen LogP contribution in [0.25, 0.3) is 11.4 Å². The molecule has 1 heterocycles. The van der Waals surface area contributed by atoms with Crippen molar-refractivity contribution in [2.45, 2.75) is 12.1 Å². The van der Waals surface area contributed by atoms with Crippen LogP contribution in [0.1, 0.15) is 5.56 Å². The molecule has 1 amide bonds. The van der Waals surface area contributed by atoms with Crippen LogP contribution in [0.5, 0.6) is 5.75 Å². The number of nitrogens with zero attached hydrogens (tertiary/aromatic N) is 3. The summed E-state index contributed by atoms with van der Waals surface area (Å²) in [4.78, 5) is 12.2. The highest BCUT2D eigenvalue weighted by atomic mass is 32.2. The lowest BCUT2D eigenvalue weighted by Gasteiger charge is -2.07. The van der Waals surface area contributed by atoms with Crippen molar-refractivity contribution >= 4 is 23.4 Å². The molecule has 2 aromatic carbocycles. The van der Waals surface area contributed by atoms with E-state index in [1.54, 1.807) is 13.2 Å². The molecule has 0 aliphatic rings. The predicted octanol–water partition coefficient (Wildman–Crippen LogP) is 3.53. The van der Waals surface area contributed by atoms with Crippen molar-refractivity contribution in [2.24, 2.45) is 7.05 Å². The number of methoxy groups -OCH3 is 1. The van der Waals surface area contributed by atoms with Crippen LogP contribution in [-0.2, 0) is 11.8 Å². The Hall–Kier alpha value is -2.80. The average Bonchev–Trinajstić information content (AvgIpc) is 3.01. The topological polar surface area (TPSA) is 69.0 Å². The van der Waals surface area contributed by atoms with Crippen molar-refractivity contribution in [1.82, 2.24) is 14.8 Å². The summed E-state index contributed by atoms with van der Waals surface area (Å²) in [6.07, 6.45) is 0. The number of ether oxygens (including phenoxy) is 1. The van der Waals surface area contributed by atoms with E-state index in [4.69, 9.17) is 4.74 Å². The number of thioether (sulfide) groups is 1. The standard InChI is InChI=1S/C19H20N4O2S/c1-13-6-4-7-14(10-13)18-21-22-19(23(18)2)26-12-17(24)20-15-8-5-9-16(11-15)25-3/h4-11H,12H2,1-3H3,(H,20,24). The lowest BCUT2D eigenvalue weighted by atomic mass is 10.1. The summed E-state index contributed by atoms with van der Waals surface area (Å²) in [5, 5.41) is 12.0. The molecule has 1 aromatic heterocycles. The van der Waals surface area contributed by atoms with Gasteiger partial charge in [0.1, 0.15) is 5.75 Å². The number of amides is 1. The van der Waals surface area contributed by atoms with Gasteiger partial charge >= 0.3 is 0 Å². The molecule has 7 heteroatoms. The molecule has 1 N–H and O–H groups in total.